The molecule has 1 N–H and O–H groups in total. The number of hydrogen-bond donors (Lipinski definition) is 1. The molecule has 0 bridgehead atoms. The molecule has 0 saturated carbocycles. The number of anilines is 1. The number of ether oxygens (including phenoxy) is 1. The summed E-state index contributed by atoms with van der Waals surface area (Å²) in [5, 5.41) is 0.0138. The molecule has 0 radical (unpaired) electrons. The van der Waals surface area contributed by atoms with Crippen LogP contribution in [0.4, 0.5) is 19.0 Å². The average Bonchev–Trinajstić information content (AvgIpc) is 2.93. The second-order valence-electron chi connectivity index (χ2n) is 8.73. The molecule has 5 heterocycles. The predicted molar refractivity (Wildman–Crippen MR) is 135 cm³/mol. The van der Waals surface area contributed by atoms with Crippen molar-refractivity contribution >= 4 is 27.8 Å². The Hall–Kier alpha value is -4.58. The minimum absolute atomic E-state index is 0.0138. The Balaban J connectivity index is 1.54. The smallest absolute Gasteiger partial charge is 0.378 e. The molecule has 38 heavy (non-hydrogen) atoms. The molecule has 1 aromatic carbocycles. The highest BCUT2D eigenvalue weighted by molar-refractivity contribution is 6.01. The van der Waals surface area contributed by atoms with Crippen LogP contribution in [0, 0.1) is 0 Å². The van der Waals surface area contributed by atoms with E-state index in [1.165, 1.54) is 18.3 Å². The van der Waals surface area contributed by atoms with Crippen molar-refractivity contribution in [3.63, 3.8) is 0 Å². The molecule has 9 nitrogen and oxygen atoms in total. The summed E-state index contributed by atoms with van der Waals surface area (Å²) in [6, 6.07) is 11.5. The maximum absolute atomic E-state index is 13.4. The van der Waals surface area contributed by atoms with E-state index < -0.39 is 23.0 Å². The standard InChI is InChI=1S/C26H19F3N6O3/c27-26(28,29)16-2-1-3-17(12-16)35-23-18(24(36)33-25(35)37)14-30-20-6-5-19(32-22(20)23)15-4-7-21(31-13-15)34-8-10-38-11-9-34/h1-7,12-14H,8-11H2,(H,33,36,37). The van der Waals surface area contributed by atoms with E-state index in [-0.39, 0.29) is 22.1 Å². The number of aromatic amines is 1. The molecule has 1 fully saturated rings. The molecule has 0 amide bonds. The Kier molecular flexibility index (Phi) is 5.68. The molecule has 192 valence electrons. The summed E-state index contributed by atoms with van der Waals surface area (Å²) in [5.74, 6) is 0.801. The van der Waals surface area contributed by atoms with E-state index in [1.54, 1.807) is 18.3 Å². The summed E-state index contributed by atoms with van der Waals surface area (Å²) in [7, 11) is 0. The summed E-state index contributed by atoms with van der Waals surface area (Å²) in [6.45, 7) is 2.73. The second-order valence-corrected chi connectivity index (χ2v) is 8.73. The summed E-state index contributed by atoms with van der Waals surface area (Å²) in [4.78, 5) is 43.4. The first-order chi connectivity index (χ1) is 18.3. The van der Waals surface area contributed by atoms with Gasteiger partial charge in [0.25, 0.3) is 5.56 Å². The quantitative estimate of drug-likeness (QED) is 0.363. The first kappa shape index (κ1) is 23.8. The van der Waals surface area contributed by atoms with Gasteiger partial charge in [-0.15, -0.1) is 0 Å². The molecule has 0 unspecified atom stereocenters. The lowest BCUT2D eigenvalue weighted by Crippen LogP contribution is -2.36. The van der Waals surface area contributed by atoms with E-state index in [0.717, 1.165) is 35.6 Å². The number of morpholine rings is 1. The Labute approximate surface area is 212 Å². The lowest BCUT2D eigenvalue weighted by molar-refractivity contribution is -0.137. The Morgan fingerprint density at radius 2 is 1.76 bits per heavy atom. The normalized spacial score (nSPS) is 14.3. The summed E-state index contributed by atoms with van der Waals surface area (Å²) in [6.07, 6.45) is -1.67. The number of hydrogen-bond acceptors (Lipinski definition) is 7. The largest absolute Gasteiger partial charge is 0.416 e. The Morgan fingerprint density at radius 3 is 2.50 bits per heavy atom. The van der Waals surface area contributed by atoms with Gasteiger partial charge < -0.3 is 9.64 Å². The second kappa shape index (κ2) is 9.06. The van der Waals surface area contributed by atoms with Gasteiger partial charge in [-0.25, -0.2) is 14.8 Å². The Bertz CT molecular complexity index is 1790. The van der Waals surface area contributed by atoms with Crippen LogP contribution in [0.25, 0.3) is 38.9 Å². The van der Waals surface area contributed by atoms with Crippen molar-refractivity contribution in [3.8, 4) is 16.9 Å². The van der Waals surface area contributed by atoms with E-state index in [4.69, 9.17) is 4.74 Å². The SMILES string of the molecule is O=c1[nH]c(=O)n(-c2cccc(C(F)(F)F)c2)c2c1cnc1ccc(-c3ccc(N4CCOCC4)nc3)nc12. The van der Waals surface area contributed by atoms with Crippen LogP contribution in [0.3, 0.4) is 0 Å². The van der Waals surface area contributed by atoms with Gasteiger partial charge in [0.2, 0.25) is 0 Å². The summed E-state index contributed by atoms with van der Waals surface area (Å²) in [5.41, 5.74) is -0.813. The number of rotatable bonds is 3. The van der Waals surface area contributed by atoms with Crippen molar-refractivity contribution in [2.45, 2.75) is 6.18 Å². The highest BCUT2D eigenvalue weighted by Crippen LogP contribution is 2.31. The number of halogens is 3. The third-order valence-corrected chi connectivity index (χ3v) is 6.39. The fourth-order valence-corrected chi connectivity index (χ4v) is 4.51. The van der Waals surface area contributed by atoms with Gasteiger partial charge in [-0.1, -0.05) is 6.07 Å². The number of alkyl halides is 3. The molecule has 0 aliphatic carbocycles. The molecule has 1 aliphatic rings. The minimum Gasteiger partial charge on any atom is -0.378 e. The average molecular weight is 520 g/mol. The van der Waals surface area contributed by atoms with Crippen LogP contribution in [0.1, 0.15) is 5.56 Å². The van der Waals surface area contributed by atoms with Gasteiger partial charge in [0.15, 0.2) is 0 Å². The molecule has 5 aromatic rings. The molecule has 6 rings (SSSR count). The monoisotopic (exact) mass is 520 g/mol. The predicted octanol–water partition coefficient (Wildman–Crippen LogP) is 3.54. The van der Waals surface area contributed by atoms with Crippen LogP contribution in [-0.2, 0) is 10.9 Å². The van der Waals surface area contributed by atoms with Gasteiger partial charge >= 0.3 is 11.9 Å². The molecule has 0 spiro atoms. The fourth-order valence-electron chi connectivity index (χ4n) is 4.51. The van der Waals surface area contributed by atoms with Crippen LogP contribution < -0.4 is 16.1 Å². The number of fused-ring (bicyclic) bond motifs is 3. The van der Waals surface area contributed by atoms with Gasteiger partial charge in [-0.05, 0) is 42.5 Å². The minimum atomic E-state index is -4.62. The highest BCUT2D eigenvalue weighted by Gasteiger charge is 2.31. The van der Waals surface area contributed by atoms with Crippen LogP contribution in [0.15, 0.2) is 70.5 Å². The van der Waals surface area contributed by atoms with E-state index in [1.807, 2.05) is 12.1 Å². The number of aromatic nitrogens is 5. The third-order valence-electron chi connectivity index (χ3n) is 6.39. The van der Waals surface area contributed by atoms with E-state index in [2.05, 4.69) is 24.8 Å². The van der Waals surface area contributed by atoms with Crippen molar-refractivity contribution in [1.82, 2.24) is 24.5 Å². The number of pyridine rings is 3. The van der Waals surface area contributed by atoms with E-state index >= 15 is 0 Å². The number of benzene rings is 1. The zero-order valence-corrected chi connectivity index (χ0v) is 19.7. The van der Waals surface area contributed by atoms with E-state index in [0.29, 0.717) is 30.0 Å². The third kappa shape index (κ3) is 4.18. The van der Waals surface area contributed by atoms with Crippen molar-refractivity contribution < 1.29 is 17.9 Å². The lowest BCUT2D eigenvalue weighted by atomic mass is 10.1. The van der Waals surface area contributed by atoms with E-state index in [9.17, 15) is 22.8 Å². The maximum Gasteiger partial charge on any atom is 0.416 e. The highest BCUT2D eigenvalue weighted by atomic mass is 19.4. The van der Waals surface area contributed by atoms with Gasteiger partial charge in [-0.3, -0.25) is 19.3 Å². The molecular formula is C26H19F3N6O3. The van der Waals surface area contributed by atoms with Crippen molar-refractivity contribution in [1.29, 1.82) is 0 Å². The van der Waals surface area contributed by atoms with Crippen molar-refractivity contribution in [2.24, 2.45) is 0 Å². The van der Waals surface area contributed by atoms with Crippen LogP contribution >= 0.6 is 0 Å². The van der Waals surface area contributed by atoms with Crippen LogP contribution in [0.5, 0.6) is 0 Å². The van der Waals surface area contributed by atoms with Gasteiger partial charge in [0.1, 0.15) is 11.3 Å². The number of nitrogens with zero attached hydrogens (tertiary/aromatic N) is 5. The zero-order chi connectivity index (χ0) is 26.4. The fraction of sp³-hybridized carbons (Fsp3) is 0.192. The summed E-state index contributed by atoms with van der Waals surface area (Å²) < 4.78 is 46.7. The van der Waals surface area contributed by atoms with Crippen molar-refractivity contribution in [2.75, 3.05) is 31.2 Å². The van der Waals surface area contributed by atoms with Crippen molar-refractivity contribution in [3.05, 3.63) is 87.3 Å². The topological polar surface area (TPSA) is 106 Å². The number of H-pyrrole nitrogens is 1. The van der Waals surface area contributed by atoms with Crippen LogP contribution in [-0.4, -0.2) is 50.8 Å². The zero-order valence-electron chi connectivity index (χ0n) is 19.7. The molecule has 12 heteroatoms. The molecule has 0 atom stereocenters. The van der Waals surface area contributed by atoms with Gasteiger partial charge in [-0.2, -0.15) is 13.2 Å². The molecule has 1 saturated heterocycles. The molecule has 4 aromatic heterocycles. The molecule has 1 aliphatic heterocycles. The summed E-state index contributed by atoms with van der Waals surface area (Å²) >= 11 is 0. The van der Waals surface area contributed by atoms with Gasteiger partial charge in [0, 0.05) is 31.0 Å². The number of nitrogens with one attached hydrogen (secondary N) is 1. The van der Waals surface area contributed by atoms with Crippen LogP contribution in [0.2, 0.25) is 0 Å². The van der Waals surface area contributed by atoms with Gasteiger partial charge in [0.05, 0.1) is 46.6 Å². The first-order valence-corrected chi connectivity index (χ1v) is 11.7. The maximum atomic E-state index is 13.4. The lowest BCUT2D eigenvalue weighted by Gasteiger charge is -2.27. The molecular weight excluding hydrogens is 501 g/mol. The Morgan fingerprint density at radius 1 is 0.947 bits per heavy atom. The first-order valence-electron chi connectivity index (χ1n) is 11.7.